The quantitative estimate of drug-likeness (QED) is 0.422. The molecule has 0 bridgehead atoms. The monoisotopic (exact) mass is 93.0 g/mol. The average molecular weight is 93.1 g/mol. The first-order chi connectivity index (χ1) is 2.64. The minimum absolute atomic E-state index is 1.63. The summed E-state index contributed by atoms with van der Waals surface area (Å²) in [4.78, 5) is 9.20. The number of carboxylic acid groups (broad SMARTS) is 1. The molecular weight excluding hydrogens is 89.0 g/mol. The molecule has 0 amide bonds. The molecule has 0 aromatic rings. The van der Waals surface area contributed by atoms with Gasteiger partial charge in [-0.05, 0) is 0 Å². The first-order valence-corrected chi connectivity index (χ1v) is 1.27. The summed E-state index contributed by atoms with van der Waals surface area (Å²) in [6.45, 7) is 0. The molecule has 3 nitrogen and oxygen atoms in total. The Kier molecular flexibility index (Phi) is 1.53. The lowest BCUT2D eigenvalue weighted by Crippen LogP contribution is -2.23. The highest BCUT2D eigenvalue weighted by Crippen LogP contribution is 1.73. The topological polar surface area (TPSA) is 63.3 Å². The maximum absolute atomic E-state index is 11.0. The van der Waals surface area contributed by atoms with Gasteiger partial charge in [-0.25, -0.2) is 9.18 Å². The van der Waals surface area contributed by atoms with Crippen LogP contribution in [0.4, 0.5) is 4.39 Å². The summed E-state index contributed by atoms with van der Waals surface area (Å²) in [6.07, 6.45) is -2.23. The molecule has 1 unspecified atom stereocenters. The zero-order valence-electron chi connectivity index (χ0n) is 2.89. The van der Waals surface area contributed by atoms with Crippen molar-refractivity contribution in [1.82, 2.24) is 0 Å². The van der Waals surface area contributed by atoms with Gasteiger partial charge in [0.05, 0.1) is 0 Å². The fraction of sp³-hybridized carbons (Fsp3) is 0.500. The number of rotatable bonds is 1. The fourth-order valence-electron chi connectivity index (χ4n) is 0. The molecule has 0 saturated carbocycles. The van der Waals surface area contributed by atoms with E-state index in [2.05, 4.69) is 5.73 Å². The number of alkyl halides is 1. The molecule has 36 valence electrons. The molecule has 0 aliphatic heterocycles. The van der Waals surface area contributed by atoms with E-state index in [0.29, 0.717) is 0 Å². The van der Waals surface area contributed by atoms with Crippen LogP contribution < -0.4 is 5.73 Å². The van der Waals surface area contributed by atoms with E-state index in [1.807, 2.05) is 0 Å². The predicted molar refractivity (Wildman–Crippen MR) is 16.7 cm³/mol. The van der Waals surface area contributed by atoms with E-state index in [9.17, 15) is 9.18 Å². The summed E-state index contributed by atoms with van der Waals surface area (Å²) in [6, 6.07) is 0. The second kappa shape index (κ2) is 1.71. The summed E-state index contributed by atoms with van der Waals surface area (Å²) in [5.74, 6) is -1.63. The van der Waals surface area contributed by atoms with Crippen LogP contribution in [-0.2, 0) is 4.79 Å². The lowest BCUT2D eigenvalue weighted by molar-refractivity contribution is -0.142. The van der Waals surface area contributed by atoms with Gasteiger partial charge < -0.3 is 5.11 Å². The van der Waals surface area contributed by atoms with Crippen molar-refractivity contribution in [2.45, 2.75) is 6.30 Å². The molecule has 1 atom stereocenters. The number of aliphatic carboxylic acids is 1. The van der Waals surface area contributed by atoms with E-state index in [1.54, 1.807) is 0 Å². The van der Waals surface area contributed by atoms with Gasteiger partial charge in [0.1, 0.15) is 0 Å². The van der Waals surface area contributed by atoms with Crippen LogP contribution in [-0.4, -0.2) is 17.4 Å². The number of halogens is 1. The molecule has 0 aromatic heterocycles. The molecule has 0 radical (unpaired) electrons. The third-order valence-corrected chi connectivity index (χ3v) is 0.236. The third-order valence-electron chi connectivity index (χ3n) is 0.236. The number of nitrogens with two attached hydrogens (primary N) is 1. The molecule has 0 rings (SSSR count). The van der Waals surface area contributed by atoms with Crippen LogP contribution in [0.5, 0.6) is 0 Å². The molecule has 3 N–H and O–H groups in total. The van der Waals surface area contributed by atoms with Gasteiger partial charge in [-0.15, -0.1) is 0 Å². The van der Waals surface area contributed by atoms with Crippen molar-refractivity contribution in [2.24, 2.45) is 5.73 Å². The summed E-state index contributed by atoms with van der Waals surface area (Å²) < 4.78 is 11.0. The summed E-state index contributed by atoms with van der Waals surface area (Å²) in [5, 5.41) is 7.49. The number of carbonyl (C=O) groups is 1. The smallest absolute Gasteiger partial charge is 0.353 e. The Hall–Kier alpha value is -0.640. The predicted octanol–water partition coefficient (Wildman–Crippen LogP) is -0.675. The van der Waals surface area contributed by atoms with E-state index >= 15 is 0 Å². The Morgan fingerprint density at radius 1 is 2.00 bits per heavy atom. The van der Waals surface area contributed by atoms with Crippen molar-refractivity contribution in [1.29, 1.82) is 0 Å². The van der Waals surface area contributed by atoms with Crippen LogP contribution in [0.3, 0.4) is 0 Å². The lowest BCUT2D eigenvalue weighted by Gasteiger charge is -1.86. The van der Waals surface area contributed by atoms with Gasteiger partial charge in [-0.3, -0.25) is 5.73 Å². The van der Waals surface area contributed by atoms with Crippen LogP contribution in [0.15, 0.2) is 0 Å². The summed E-state index contributed by atoms with van der Waals surface area (Å²) in [5.41, 5.74) is 4.17. The molecule has 4 heteroatoms. The van der Waals surface area contributed by atoms with Crippen molar-refractivity contribution in [3.8, 4) is 0 Å². The number of hydrogen-bond donors (Lipinski definition) is 2. The van der Waals surface area contributed by atoms with Crippen LogP contribution in [0.1, 0.15) is 0 Å². The van der Waals surface area contributed by atoms with Gasteiger partial charge in [0.25, 0.3) is 0 Å². The van der Waals surface area contributed by atoms with Gasteiger partial charge in [-0.2, -0.15) is 0 Å². The zero-order chi connectivity index (χ0) is 5.15. The van der Waals surface area contributed by atoms with Gasteiger partial charge >= 0.3 is 5.97 Å². The molecule has 0 fully saturated rings. The van der Waals surface area contributed by atoms with Crippen molar-refractivity contribution in [3.63, 3.8) is 0 Å². The molecule has 0 spiro atoms. The van der Waals surface area contributed by atoms with Crippen molar-refractivity contribution in [2.75, 3.05) is 0 Å². The van der Waals surface area contributed by atoms with E-state index < -0.39 is 12.3 Å². The van der Waals surface area contributed by atoms with Gasteiger partial charge in [0.2, 0.25) is 6.30 Å². The Balaban J connectivity index is 3.26. The first kappa shape index (κ1) is 5.36. The minimum atomic E-state index is -2.23. The normalized spacial score (nSPS) is 13.7. The summed E-state index contributed by atoms with van der Waals surface area (Å²) >= 11 is 0. The second-order valence-corrected chi connectivity index (χ2v) is 0.740. The molecule has 6 heavy (non-hydrogen) atoms. The highest BCUT2D eigenvalue weighted by molar-refractivity contribution is 5.71. The maximum Gasteiger partial charge on any atom is 0.353 e. The van der Waals surface area contributed by atoms with Crippen LogP contribution in [0.2, 0.25) is 0 Å². The molecule has 0 aromatic carbocycles. The zero-order valence-corrected chi connectivity index (χ0v) is 2.89. The van der Waals surface area contributed by atoms with Crippen LogP contribution in [0.25, 0.3) is 0 Å². The molecule has 0 saturated heterocycles. The van der Waals surface area contributed by atoms with E-state index in [-0.39, 0.29) is 0 Å². The highest BCUT2D eigenvalue weighted by atomic mass is 19.1. The van der Waals surface area contributed by atoms with Gasteiger partial charge in [0, 0.05) is 0 Å². The second-order valence-electron chi connectivity index (χ2n) is 0.740. The van der Waals surface area contributed by atoms with Crippen molar-refractivity contribution >= 4 is 5.97 Å². The maximum atomic E-state index is 11.0. The van der Waals surface area contributed by atoms with E-state index in [4.69, 9.17) is 5.11 Å². The Morgan fingerprint density at radius 3 is 2.17 bits per heavy atom. The Labute approximate surface area is 33.6 Å². The highest BCUT2D eigenvalue weighted by Gasteiger charge is 2.05. The summed E-state index contributed by atoms with van der Waals surface area (Å²) in [7, 11) is 0. The number of hydrogen-bond acceptors (Lipinski definition) is 2. The van der Waals surface area contributed by atoms with Gasteiger partial charge in [-0.1, -0.05) is 0 Å². The van der Waals surface area contributed by atoms with Crippen LogP contribution in [0, 0.1) is 0 Å². The lowest BCUT2D eigenvalue weighted by atomic mass is 10.7. The standard InChI is InChI=1S/C2H4FNO2/c3-1(4)2(5)6/h1H,4H2,(H,5,6). The number of carboxylic acids is 1. The molecule has 0 heterocycles. The Bertz CT molecular complexity index is 62.6. The Morgan fingerprint density at radius 2 is 2.17 bits per heavy atom. The first-order valence-electron chi connectivity index (χ1n) is 1.27. The third kappa shape index (κ3) is 1.66. The minimum Gasteiger partial charge on any atom is -0.478 e. The molecule has 0 aliphatic carbocycles. The SMILES string of the molecule is NC(F)C(=O)O. The van der Waals surface area contributed by atoms with Gasteiger partial charge in [0.15, 0.2) is 0 Å². The van der Waals surface area contributed by atoms with Crippen LogP contribution >= 0.6 is 0 Å². The molecule has 0 aliphatic rings. The molecular formula is C2H4FNO2. The van der Waals surface area contributed by atoms with Crippen molar-refractivity contribution < 1.29 is 14.3 Å². The van der Waals surface area contributed by atoms with E-state index in [0.717, 1.165) is 0 Å². The fourth-order valence-corrected chi connectivity index (χ4v) is 0. The van der Waals surface area contributed by atoms with E-state index in [1.165, 1.54) is 0 Å². The average Bonchev–Trinajstić information content (AvgIpc) is 1.36. The van der Waals surface area contributed by atoms with Crippen molar-refractivity contribution in [3.05, 3.63) is 0 Å². The largest absolute Gasteiger partial charge is 0.478 e.